The molecule has 114 valence electrons. The highest BCUT2D eigenvalue weighted by atomic mass is 16.5. The Bertz CT molecular complexity index is 227. The fourth-order valence-corrected chi connectivity index (χ4v) is 3.14. The van der Waals surface area contributed by atoms with Crippen LogP contribution in [0.4, 0.5) is 0 Å². The predicted molar refractivity (Wildman–Crippen MR) is 81.5 cm³/mol. The van der Waals surface area contributed by atoms with Crippen LogP contribution in [-0.2, 0) is 4.74 Å². The van der Waals surface area contributed by atoms with Gasteiger partial charge in [-0.25, -0.2) is 0 Å². The Hall–Kier alpha value is -0.160. The van der Waals surface area contributed by atoms with Crippen molar-refractivity contribution in [3.63, 3.8) is 0 Å². The van der Waals surface area contributed by atoms with E-state index in [1.165, 1.54) is 32.1 Å². The van der Waals surface area contributed by atoms with E-state index >= 15 is 0 Å². The van der Waals surface area contributed by atoms with E-state index in [2.05, 4.69) is 24.3 Å². The van der Waals surface area contributed by atoms with Gasteiger partial charge >= 0.3 is 0 Å². The van der Waals surface area contributed by atoms with Gasteiger partial charge in [-0.2, -0.15) is 0 Å². The van der Waals surface area contributed by atoms with Gasteiger partial charge in [0.05, 0.1) is 6.61 Å². The number of hydrogen-bond acceptors (Lipinski definition) is 4. The Labute approximate surface area is 119 Å². The molecular weight excluding hydrogens is 238 g/mol. The van der Waals surface area contributed by atoms with Crippen molar-refractivity contribution in [2.75, 3.05) is 40.9 Å². The smallest absolute Gasteiger partial charge is 0.0615 e. The minimum absolute atomic E-state index is 0.340. The number of methoxy groups -OCH3 is 1. The third kappa shape index (κ3) is 5.38. The van der Waals surface area contributed by atoms with Crippen LogP contribution in [-0.4, -0.2) is 57.4 Å². The van der Waals surface area contributed by atoms with Crippen LogP contribution in [0.2, 0.25) is 0 Å². The minimum atomic E-state index is 0.340. The first-order valence-corrected chi connectivity index (χ1v) is 7.74. The molecule has 0 heterocycles. The summed E-state index contributed by atoms with van der Waals surface area (Å²) in [6.45, 7) is 2.61. The fourth-order valence-electron chi connectivity index (χ4n) is 3.14. The second-order valence-electron chi connectivity index (χ2n) is 6.14. The first-order chi connectivity index (χ1) is 9.14. The number of nitrogens with one attached hydrogen (secondary N) is 1. The zero-order valence-electron chi connectivity index (χ0n) is 13.1. The molecule has 1 aliphatic rings. The zero-order valence-corrected chi connectivity index (χ0v) is 13.1. The number of nitrogens with zero attached hydrogens (tertiary/aromatic N) is 1. The molecule has 19 heavy (non-hydrogen) atoms. The summed E-state index contributed by atoms with van der Waals surface area (Å²) in [6, 6.07) is 0.437. The van der Waals surface area contributed by atoms with Crippen LogP contribution in [0.5, 0.6) is 0 Å². The summed E-state index contributed by atoms with van der Waals surface area (Å²) in [5.74, 6) is 0. The molecule has 1 saturated carbocycles. The first-order valence-electron chi connectivity index (χ1n) is 7.74. The van der Waals surface area contributed by atoms with Crippen LogP contribution in [0.25, 0.3) is 0 Å². The lowest BCUT2D eigenvalue weighted by Gasteiger charge is -2.44. The van der Waals surface area contributed by atoms with Crippen LogP contribution in [0.1, 0.15) is 44.9 Å². The van der Waals surface area contributed by atoms with E-state index in [0.29, 0.717) is 11.6 Å². The van der Waals surface area contributed by atoms with Gasteiger partial charge in [0.1, 0.15) is 0 Å². The number of ether oxygens (including phenoxy) is 1. The van der Waals surface area contributed by atoms with Gasteiger partial charge in [-0.15, -0.1) is 0 Å². The summed E-state index contributed by atoms with van der Waals surface area (Å²) in [4.78, 5) is 2.42. The van der Waals surface area contributed by atoms with Crippen molar-refractivity contribution in [2.45, 2.75) is 56.5 Å². The highest BCUT2D eigenvalue weighted by molar-refractivity contribution is 4.93. The molecule has 1 aliphatic carbocycles. The summed E-state index contributed by atoms with van der Waals surface area (Å²) in [5.41, 5.74) is 5.95. The van der Waals surface area contributed by atoms with E-state index in [1.807, 2.05) is 0 Å². The molecule has 4 nitrogen and oxygen atoms in total. The third-order valence-electron chi connectivity index (χ3n) is 4.58. The van der Waals surface area contributed by atoms with Crippen molar-refractivity contribution in [1.82, 2.24) is 10.2 Å². The predicted octanol–water partition coefficient (Wildman–Crippen LogP) is 1.59. The van der Waals surface area contributed by atoms with Crippen molar-refractivity contribution in [2.24, 2.45) is 5.73 Å². The quantitative estimate of drug-likeness (QED) is 0.669. The fraction of sp³-hybridized carbons (Fsp3) is 1.00. The summed E-state index contributed by atoms with van der Waals surface area (Å²) in [7, 11) is 6.22. The summed E-state index contributed by atoms with van der Waals surface area (Å²) in [6.07, 6.45) is 8.90. The monoisotopic (exact) mass is 271 g/mol. The van der Waals surface area contributed by atoms with Crippen molar-refractivity contribution in [3.8, 4) is 0 Å². The highest BCUT2D eigenvalue weighted by Gasteiger charge is 2.34. The maximum absolute atomic E-state index is 5.61. The van der Waals surface area contributed by atoms with E-state index in [4.69, 9.17) is 10.5 Å². The number of likely N-dealkylation sites (N-methyl/N-ethyl adjacent to an activating group) is 1. The van der Waals surface area contributed by atoms with Gasteiger partial charge in [0, 0.05) is 25.2 Å². The molecular formula is C15H33N3O. The Balaban J connectivity index is 2.48. The zero-order chi connectivity index (χ0) is 14.1. The Morgan fingerprint density at radius 3 is 2.47 bits per heavy atom. The van der Waals surface area contributed by atoms with Crippen molar-refractivity contribution < 1.29 is 4.74 Å². The molecule has 3 N–H and O–H groups in total. The maximum Gasteiger partial charge on any atom is 0.0615 e. The average Bonchev–Trinajstić information content (AvgIpc) is 2.43. The second kappa shape index (κ2) is 8.90. The Morgan fingerprint density at radius 1 is 1.26 bits per heavy atom. The largest absolute Gasteiger partial charge is 0.383 e. The maximum atomic E-state index is 5.61. The molecule has 1 unspecified atom stereocenters. The summed E-state index contributed by atoms with van der Waals surface area (Å²) >= 11 is 0. The molecule has 0 aromatic carbocycles. The van der Waals surface area contributed by atoms with E-state index in [1.54, 1.807) is 7.11 Å². The molecule has 0 radical (unpaired) electrons. The van der Waals surface area contributed by atoms with Crippen LogP contribution < -0.4 is 11.1 Å². The van der Waals surface area contributed by atoms with Gasteiger partial charge in [-0.3, -0.25) is 0 Å². The van der Waals surface area contributed by atoms with E-state index in [-0.39, 0.29) is 0 Å². The number of nitrogens with two attached hydrogens (primary N) is 1. The molecule has 0 aliphatic heterocycles. The standard InChI is InChI=1S/C15H33N3O/c1-18(2)15(9-5-4-6-10-15)13-17-14(12-19-3)8-7-11-16/h14,17H,4-13,16H2,1-3H3. The minimum Gasteiger partial charge on any atom is -0.383 e. The average molecular weight is 271 g/mol. The topological polar surface area (TPSA) is 50.5 Å². The molecule has 1 rings (SSSR count). The first kappa shape index (κ1) is 16.9. The number of hydrogen-bond donors (Lipinski definition) is 2. The lowest BCUT2D eigenvalue weighted by Crippen LogP contribution is -2.55. The molecule has 0 aromatic rings. The van der Waals surface area contributed by atoms with E-state index < -0.39 is 0 Å². The van der Waals surface area contributed by atoms with Crippen LogP contribution in [0, 0.1) is 0 Å². The van der Waals surface area contributed by atoms with Gasteiger partial charge < -0.3 is 20.7 Å². The van der Waals surface area contributed by atoms with E-state index in [0.717, 1.165) is 32.5 Å². The molecule has 0 aromatic heterocycles. The van der Waals surface area contributed by atoms with Crippen molar-refractivity contribution >= 4 is 0 Å². The molecule has 0 bridgehead atoms. The summed E-state index contributed by atoms with van der Waals surface area (Å²) < 4.78 is 5.32. The molecule has 0 saturated heterocycles. The highest BCUT2D eigenvalue weighted by Crippen LogP contribution is 2.31. The molecule has 1 atom stereocenters. The summed E-state index contributed by atoms with van der Waals surface area (Å²) in [5, 5.41) is 3.73. The molecule has 1 fully saturated rings. The number of rotatable bonds is 9. The SMILES string of the molecule is COCC(CCCN)NCC1(N(C)C)CCCCC1. The third-order valence-corrected chi connectivity index (χ3v) is 4.58. The Morgan fingerprint density at radius 2 is 1.95 bits per heavy atom. The van der Waals surface area contributed by atoms with Gasteiger partial charge in [0.2, 0.25) is 0 Å². The normalized spacial score (nSPS) is 20.7. The van der Waals surface area contributed by atoms with Crippen LogP contribution in [0.15, 0.2) is 0 Å². The van der Waals surface area contributed by atoms with Crippen LogP contribution in [0.3, 0.4) is 0 Å². The van der Waals surface area contributed by atoms with Gasteiger partial charge in [0.15, 0.2) is 0 Å². The van der Waals surface area contributed by atoms with Crippen molar-refractivity contribution in [3.05, 3.63) is 0 Å². The molecule has 0 spiro atoms. The molecule has 4 heteroatoms. The van der Waals surface area contributed by atoms with Gasteiger partial charge in [-0.05, 0) is 46.3 Å². The lowest BCUT2D eigenvalue weighted by molar-refractivity contribution is 0.0855. The van der Waals surface area contributed by atoms with Gasteiger partial charge in [0.25, 0.3) is 0 Å². The lowest BCUT2D eigenvalue weighted by atomic mass is 9.80. The van der Waals surface area contributed by atoms with Gasteiger partial charge in [-0.1, -0.05) is 19.3 Å². The second-order valence-corrected chi connectivity index (χ2v) is 6.14. The molecule has 0 amide bonds. The van der Waals surface area contributed by atoms with Crippen molar-refractivity contribution in [1.29, 1.82) is 0 Å². The van der Waals surface area contributed by atoms with Crippen LogP contribution >= 0.6 is 0 Å². The van der Waals surface area contributed by atoms with E-state index in [9.17, 15) is 0 Å². The Kier molecular flexibility index (Phi) is 7.91.